The Morgan fingerprint density at radius 1 is 1.46 bits per heavy atom. The average Bonchev–Trinajstić information content (AvgIpc) is 2.11. The predicted molar refractivity (Wildman–Crippen MR) is 46.5 cm³/mol. The fourth-order valence-electron chi connectivity index (χ4n) is 0.536. The van der Waals surface area contributed by atoms with Crippen molar-refractivity contribution < 1.29 is 24.9 Å². The van der Waals surface area contributed by atoms with Crippen LogP contribution in [0.1, 0.15) is 0 Å². The van der Waals surface area contributed by atoms with Gasteiger partial charge < -0.3 is 20.6 Å². The molecule has 0 aliphatic heterocycles. The van der Waals surface area contributed by atoms with Gasteiger partial charge in [0.15, 0.2) is 6.10 Å². The van der Waals surface area contributed by atoms with Gasteiger partial charge in [-0.3, -0.25) is 4.79 Å². The molecule has 6 nitrogen and oxygen atoms in total. The van der Waals surface area contributed by atoms with Crippen molar-refractivity contribution in [3.63, 3.8) is 0 Å². The minimum atomic E-state index is -1.60. The lowest BCUT2D eigenvalue weighted by atomic mass is 10.3. The molecule has 7 heteroatoms. The first-order valence-corrected chi connectivity index (χ1v) is 4.09. The van der Waals surface area contributed by atoms with Crippen molar-refractivity contribution in [1.29, 1.82) is 0 Å². The number of amides is 1. The van der Waals surface area contributed by atoms with E-state index in [1.807, 2.05) is 5.32 Å². The summed E-state index contributed by atoms with van der Waals surface area (Å²) < 4.78 is 0. The van der Waals surface area contributed by atoms with Gasteiger partial charge >= 0.3 is 5.97 Å². The SMILES string of the molecule is O=C(N[C@H](CS)C(=O)O)C(O)CO. The van der Waals surface area contributed by atoms with E-state index >= 15 is 0 Å². The van der Waals surface area contributed by atoms with Crippen molar-refractivity contribution >= 4 is 24.5 Å². The first kappa shape index (κ1) is 12.2. The highest BCUT2D eigenvalue weighted by Crippen LogP contribution is 1.90. The van der Waals surface area contributed by atoms with E-state index in [1.165, 1.54) is 0 Å². The second kappa shape index (κ2) is 5.79. The van der Waals surface area contributed by atoms with Crippen LogP contribution in [0.5, 0.6) is 0 Å². The van der Waals surface area contributed by atoms with Crippen molar-refractivity contribution in [2.45, 2.75) is 12.1 Å². The lowest BCUT2D eigenvalue weighted by molar-refractivity contribution is -0.143. The van der Waals surface area contributed by atoms with Crippen LogP contribution in [0.4, 0.5) is 0 Å². The summed E-state index contributed by atoms with van der Waals surface area (Å²) in [6.45, 7) is -0.745. The molecular weight excluding hydrogens is 198 g/mol. The summed E-state index contributed by atoms with van der Waals surface area (Å²) in [5.41, 5.74) is 0. The van der Waals surface area contributed by atoms with Crippen molar-refractivity contribution in [1.82, 2.24) is 5.32 Å². The maximum absolute atomic E-state index is 10.8. The largest absolute Gasteiger partial charge is 0.480 e. The highest BCUT2D eigenvalue weighted by atomic mass is 32.1. The topological polar surface area (TPSA) is 107 Å². The number of aliphatic carboxylic acids is 1. The van der Waals surface area contributed by atoms with Crippen molar-refractivity contribution in [3.8, 4) is 0 Å². The molecule has 0 rings (SSSR count). The Hall–Kier alpha value is -0.790. The minimum Gasteiger partial charge on any atom is -0.480 e. The van der Waals surface area contributed by atoms with Gasteiger partial charge in [0.05, 0.1) is 6.61 Å². The normalized spacial score (nSPS) is 14.7. The smallest absolute Gasteiger partial charge is 0.327 e. The first-order chi connectivity index (χ1) is 6.02. The summed E-state index contributed by atoms with van der Waals surface area (Å²) in [5, 5.41) is 27.6. The predicted octanol–water partition coefficient (Wildman–Crippen LogP) is -2.16. The van der Waals surface area contributed by atoms with Gasteiger partial charge in [0.2, 0.25) is 0 Å². The van der Waals surface area contributed by atoms with E-state index in [0.717, 1.165) is 0 Å². The van der Waals surface area contributed by atoms with Gasteiger partial charge in [-0.2, -0.15) is 12.6 Å². The summed E-state index contributed by atoms with van der Waals surface area (Å²) in [4.78, 5) is 21.2. The number of carbonyl (C=O) groups is 2. The number of carboxylic acids is 1. The third-order valence-corrected chi connectivity index (χ3v) is 1.64. The summed E-state index contributed by atoms with van der Waals surface area (Å²) in [6, 6.07) is -1.16. The summed E-state index contributed by atoms with van der Waals surface area (Å²) >= 11 is 3.69. The Morgan fingerprint density at radius 3 is 2.31 bits per heavy atom. The van der Waals surface area contributed by atoms with E-state index in [1.54, 1.807) is 0 Å². The molecule has 0 aromatic rings. The number of carbonyl (C=O) groups excluding carboxylic acids is 1. The zero-order valence-electron chi connectivity index (χ0n) is 6.67. The fraction of sp³-hybridized carbons (Fsp3) is 0.667. The molecule has 0 fully saturated rings. The van der Waals surface area contributed by atoms with Crippen LogP contribution in [0.15, 0.2) is 0 Å². The quantitative estimate of drug-likeness (QED) is 0.331. The molecule has 0 heterocycles. The van der Waals surface area contributed by atoms with E-state index in [0.29, 0.717) is 0 Å². The molecule has 13 heavy (non-hydrogen) atoms. The van der Waals surface area contributed by atoms with Crippen LogP contribution in [0.3, 0.4) is 0 Å². The van der Waals surface area contributed by atoms with Crippen LogP contribution in [0.25, 0.3) is 0 Å². The molecule has 0 bridgehead atoms. The van der Waals surface area contributed by atoms with E-state index in [2.05, 4.69) is 12.6 Å². The van der Waals surface area contributed by atoms with Gasteiger partial charge in [0, 0.05) is 5.75 Å². The second-order valence-electron chi connectivity index (χ2n) is 2.28. The molecule has 0 aromatic heterocycles. The van der Waals surface area contributed by atoms with E-state index < -0.39 is 30.6 Å². The number of hydrogen-bond acceptors (Lipinski definition) is 5. The van der Waals surface area contributed by atoms with Gasteiger partial charge in [0.1, 0.15) is 6.04 Å². The molecule has 0 aliphatic carbocycles. The van der Waals surface area contributed by atoms with Gasteiger partial charge in [-0.05, 0) is 0 Å². The molecule has 76 valence electrons. The molecule has 1 amide bonds. The molecule has 1 unspecified atom stereocenters. The molecule has 4 N–H and O–H groups in total. The minimum absolute atomic E-state index is 0.0841. The maximum atomic E-state index is 10.8. The molecule has 0 saturated heterocycles. The zero-order valence-corrected chi connectivity index (χ0v) is 7.57. The Kier molecular flexibility index (Phi) is 5.44. The van der Waals surface area contributed by atoms with Crippen LogP contribution >= 0.6 is 12.6 Å². The number of rotatable bonds is 5. The molecule has 0 radical (unpaired) electrons. The molecule has 0 spiro atoms. The number of nitrogens with one attached hydrogen (secondary N) is 1. The standard InChI is InChI=1S/C6H11NO5S/c8-1-4(9)5(10)7-3(2-13)6(11)12/h3-4,8-9,13H,1-2H2,(H,7,10)(H,11,12)/t3-,4?/m1/s1. The summed E-state index contributed by atoms with van der Waals surface area (Å²) in [7, 11) is 0. The zero-order chi connectivity index (χ0) is 10.4. The Labute approximate surface area is 80.0 Å². The van der Waals surface area contributed by atoms with Crippen LogP contribution < -0.4 is 5.32 Å². The molecule has 0 aliphatic rings. The Morgan fingerprint density at radius 2 is 2.00 bits per heavy atom. The van der Waals surface area contributed by atoms with Crippen LogP contribution in [-0.4, -0.2) is 51.7 Å². The van der Waals surface area contributed by atoms with Crippen LogP contribution in [0, 0.1) is 0 Å². The number of hydrogen-bond donors (Lipinski definition) is 5. The van der Waals surface area contributed by atoms with Gasteiger partial charge in [-0.15, -0.1) is 0 Å². The summed E-state index contributed by atoms with van der Waals surface area (Å²) in [6.07, 6.45) is -1.60. The van der Waals surface area contributed by atoms with E-state index in [-0.39, 0.29) is 5.75 Å². The first-order valence-electron chi connectivity index (χ1n) is 3.46. The molecule has 0 saturated carbocycles. The third kappa shape index (κ3) is 4.11. The molecule has 2 atom stereocenters. The lowest BCUT2D eigenvalue weighted by Gasteiger charge is -2.13. The Balaban J connectivity index is 4.09. The maximum Gasteiger partial charge on any atom is 0.327 e. The highest BCUT2D eigenvalue weighted by Gasteiger charge is 2.21. The van der Waals surface area contributed by atoms with Crippen LogP contribution in [0.2, 0.25) is 0 Å². The van der Waals surface area contributed by atoms with E-state index in [9.17, 15) is 9.59 Å². The van der Waals surface area contributed by atoms with Crippen molar-refractivity contribution in [2.24, 2.45) is 0 Å². The van der Waals surface area contributed by atoms with E-state index in [4.69, 9.17) is 15.3 Å². The number of aliphatic hydroxyl groups excluding tert-OH is 2. The van der Waals surface area contributed by atoms with Crippen LogP contribution in [-0.2, 0) is 9.59 Å². The molecule has 0 aromatic carbocycles. The number of carboxylic acid groups (broad SMARTS) is 1. The number of thiol groups is 1. The van der Waals surface area contributed by atoms with Gasteiger partial charge in [-0.25, -0.2) is 4.79 Å². The fourth-order valence-corrected chi connectivity index (χ4v) is 0.784. The average molecular weight is 209 g/mol. The molecular formula is C6H11NO5S. The lowest BCUT2D eigenvalue weighted by Crippen LogP contribution is -2.47. The monoisotopic (exact) mass is 209 g/mol. The third-order valence-electron chi connectivity index (χ3n) is 1.27. The van der Waals surface area contributed by atoms with Crippen molar-refractivity contribution in [3.05, 3.63) is 0 Å². The second-order valence-corrected chi connectivity index (χ2v) is 2.65. The highest BCUT2D eigenvalue weighted by molar-refractivity contribution is 7.80. The number of aliphatic hydroxyl groups is 2. The Bertz CT molecular complexity index is 197. The summed E-state index contributed by atoms with van der Waals surface area (Å²) in [5.74, 6) is -2.25. The van der Waals surface area contributed by atoms with Gasteiger partial charge in [-0.1, -0.05) is 0 Å². The van der Waals surface area contributed by atoms with Crippen molar-refractivity contribution in [2.75, 3.05) is 12.4 Å². The van der Waals surface area contributed by atoms with Gasteiger partial charge in [0.25, 0.3) is 5.91 Å².